The number of nitrogens with two attached hydrogens (primary N) is 1. The molecule has 0 bridgehead atoms. The molecule has 0 amide bonds. The molecule has 0 saturated heterocycles. The Morgan fingerprint density at radius 2 is 2.29 bits per heavy atom. The Morgan fingerprint density at radius 3 is 2.86 bits per heavy atom. The molecule has 2 rings (SSSR count). The Hall–Kier alpha value is -1.07. The van der Waals surface area contributed by atoms with E-state index in [4.69, 9.17) is 5.73 Å². The van der Waals surface area contributed by atoms with Crippen molar-refractivity contribution in [2.75, 3.05) is 5.73 Å². The smallest absolute Gasteiger partial charge is 0.181 e. The maximum Gasteiger partial charge on any atom is 0.181 e. The fraction of sp³-hybridized carbons (Fsp3) is 0.111. The lowest BCUT2D eigenvalue weighted by molar-refractivity contribution is 1.13. The SMILES string of the molecule is Cc1nc(N)sc1Sc1ccccn1. The van der Waals surface area contributed by atoms with E-state index in [1.165, 1.54) is 11.3 Å². The molecule has 2 heterocycles. The fourth-order valence-electron chi connectivity index (χ4n) is 1.000. The van der Waals surface area contributed by atoms with Crippen molar-refractivity contribution in [2.45, 2.75) is 16.2 Å². The van der Waals surface area contributed by atoms with Gasteiger partial charge in [-0.1, -0.05) is 29.2 Å². The lowest BCUT2D eigenvalue weighted by Gasteiger charge is -1.96. The van der Waals surface area contributed by atoms with Crippen molar-refractivity contribution >= 4 is 28.2 Å². The third-order valence-corrected chi connectivity index (χ3v) is 3.82. The largest absolute Gasteiger partial charge is 0.375 e. The number of rotatable bonds is 2. The average Bonchev–Trinajstić information content (AvgIpc) is 2.47. The van der Waals surface area contributed by atoms with E-state index in [9.17, 15) is 0 Å². The molecular weight excluding hydrogens is 214 g/mol. The molecular formula is C9H9N3S2. The quantitative estimate of drug-likeness (QED) is 0.850. The molecule has 0 unspecified atom stereocenters. The zero-order chi connectivity index (χ0) is 9.97. The molecule has 3 nitrogen and oxygen atoms in total. The van der Waals surface area contributed by atoms with Gasteiger partial charge in [0, 0.05) is 6.20 Å². The molecule has 72 valence electrons. The average molecular weight is 223 g/mol. The Morgan fingerprint density at radius 1 is 1.43 bits per heavy atom. The monoisotopic (exact) mass is 223 g/mol. The Bertz CT molecular complexity index is 425. The molecule has 0 fully saturated rings. The van der Waals surface area contributed by atoms with Crippen molar-refractivity contribution in [2.24, 2.45) is 0 Å². The maximum atomic E-state index is 5.61. The van der Waals surface area contributed by atoms with Crippen LogP contribution in [0.4, 0.5) is 5.13 Å². The summed E-state index contributed by atoms with van der Waals surface area (Å²) in [4.78, 5) is 8.38. The first-order chi connectivity index (χ1) is 6.75. The van der Waals surface area contributed by atoms with Crippen LogP contribution in [0.25, 0.3) is 0 Å². The molecule has 2 aromatic heterocycles. The molecule has 14 heavy (non-hydrogen) atoms. The number of hydrogen-bond donors (Lipinski definition) is 1. The zero-order valence-corrected chi connectivity index (χ0v) is 9.23. The van der Waals surface area contributed by atoms with Gasteiger partial charge in [-0.15, -0.1) is 0 Å². The molecule has 2 N–H and O–H groups in total. The van der Waals surface area contributed by atoms with Crippen LogP contribution in [0.1, 0.15) is 5.69 Å². The van der Waals surface area contributed by atoms with Crippen LogP contribution in [0.3, 0.4) is 0 Å². The predicted octanol–water partition coefficient (Wildman–Crippen LogP) is 2.58. The molecule has 0 atom stereocenters. The normalized spacial score (nSPS) is 10.4. The van der Waals surface area contributed by atoms with E-state index < -0.39 is 0 Å². The van der Waals surface area contributed by atoms with Gasteiger partial charge in [-0.05, 0) is 19.1 Å². The van der Waals surface area contributed by atoms with E-state index in [0.29, 0.717) is 5.13 Å². The summed E-state index contributed by atoms with van der Waals surface area (Å²) in [7, 11) is 0. The minimum Gasteiger partial charge on any atom is -0.375 e. The van der Waals surface area contributed by atoms with E-state index in [0.717, 1.165) is 14.9 Å². The molecule has 0 spiro atoms. The highest BCUT2D eigenvalue weighted by Gasteiger charge is 2.07. The summed E-state index contributed by atoms with van der Waals surface area (Å²) in [5, 5.41) is 1.58. The van der Waals surface area contributed by atoms with Gasteiger partial charge in [0.2, 0.25) is 0 Å². The minimum atomic E-state index is 0.612. The van der Waals surface area contributed by atoms with Crippen LogP contribution in [0.2, 0.25) is 0 Å². The summed E-state index contributed by atoms with van der Waals surface area (Å²) in [5.74, 6) is 0. The number of pyridine rings is 1. The second-order valence-electron chi connectivity index (χ2n) is 2.70. The second-order valence-corrected chi connectivity index (χ2v) is 5.01. The molecule has 0 radical (unpaired) electrons. The number of aryl methyl sites for hydroxylation is 1. The Kier molecular flexibility index (Phi) is 2.69. The van der Waals surface area contributed by atoms with Gasteiger partial charge in [-0.3, -0.25) is 0 Å². The lowest BCUT2D eigenvalue weighted by Crippen LogP contribution is -1.80. The van der Waals surface area contributed by atoms with Crippen molar-refractivity contribution < 1.29 is 0 Å². The van der Waals surface area contributed by atoms with Gasteiger partial charge >= 0.3 is 0 Å². The number of aromatic nitrogens is 2. The van der Waals surface area contributed by atoms with E-state index in [1.807, 2.05) is 25.1 Å². The van der Waals surface area contributed by atoms with Crippen LogP contribution in [0, 0.1) is 6.92 Å². The van der Waals surface area contributed by atoms with Gasteiger partial charge < -0.3 is 5.73 Å². The standard InChI is InChI=1S/C9H9N3S2/c1-6-8(14-9(10)12-6)13-7-4-2-3-5-11-7/h2-5H,1H3,(H2,10,12). The first-order valence-corrected chi connectivity index (χ1v) is 5.71. The molecule has 0 aromatic carbocycles. The van der Waals surface area contributed by atoms with Crippen LogP contribution in [0.15, 0.2) is 33.6 Å². The summed E-state index contributed by atoms with van der Waals surface area (Å²) >= 11 is 3.10. The molecule has 0 aliphatic carbocycles. The highest BCUT2D eigenvalue weighted by molar-refractivity contribution is 8.01. The van der Waals surface area contributed by atoms with Crippen LogP contribution >= 0.6 is 23.1 Å². The van der Waals surface area contributed by atoms with Crippen LogP contribution in [-0.2, 0) is 0 Å². The zero-order valence-electron chi connectivity index (χ0n) is 7.60. The van der Waals surface area contributed by atoms with Gasteiger partial charge in [-0.2, -0.15) is 0 Å². The number of nitrogen functional groups attached to an aromatic ring is 1. The van der Waals surface area contributed by atoms with Gasteiger partial charge in [0.1, 0.15) is 5.03 Å². The van der Waals surface area contributed by atoms with Crippen molar-refractivity contribution in [3.05, 3.63) is 30.1 Å². The van der Waals surface area contributed by atoms with Gasteiger partial charge in [-0.25, -0.2) is 9.97 Å². The second kappa shape index (κ2) is 3.98. The van der Waals surface area contributed by atoms with E-state index in [-0.39, 0.29) is 0 Å². The van der Waals surface area contributed by atoms with Crippen LogP contribution < -0.4 is 5.73 Å². The first-order valence-electron chi connectivity index (χ1n) is 4.07. The highest BCUT2D eigenvalue weighted by atomic mass is 32.2. The van der Waals surface area contributed by atoms with Crippen molar-refractivity contribution in [1.82, 2.24) is 9.97 Å². The maximum absolute atomic E-state index is 5.61. The number of hydrogen-bond acceptors (Lipinski definition) is 5. The van der Waals surface area contributed by atoms with Gasteiger partial charge in [0.25, 0.3) is 0 Å². The number of nitrogens with zero attached hydrogens (tertiary/aromatic N) is 2. The van der Waals surface area contributed by atoms with Crippen molar-refractivity contribution in [3.63, 3.8) is 0 Å². The minimum absolute atomic E-state index is 0.612. The van der Waals surface area contributed by atoms with Crippen LogP contribution in [-0.4, -0.2) is 9.97 Å². The van der Waals surface area contributed by atoms with Gasteiger partial charge in [0.15, 0.2) is 5.13 Å². The number of thiazole rings is 1. The summed E-state index contributed by atoms with van der Waals surface area (Å²) in [6, 6.07) is 5.84. The Balaban J connectivity index is 2.23. The van der Waals surface area contributed by atoms with E-state index in [2.05, 4.69) is 9.97 Å². The summed E-state index contributed by atoms with van der Waals surface area (Å²) in [6.45, 7) is 1.96. The van der Waals surface area contributed by atoms with Crippen molar-refractivity contribution in [1.29, 1.82) is 0 Å². The van der Waals surface area contributed by atoms with E-state index >= 15 is 0 Å². The molecule has 2 aromatic rings. The molecule has 5 heteroatoms. The molecule has 0 aliphatic heterocycles. The Labute approximate surface area is 90.4 Å². The summed E-state index contributed by atoms with van der Waals surface area (Å²) < 4.78 is 1.11. The lowest BCUT2D eigenvalue weighted by atomic mass is 10.5. The third kappa shape index (κ3) is 2.05. The third-order valence-electron chi connectivity index (χ3n) is 1.61. The van der Waals surface area contributed by atoms with Gasteiger partial charge in [0.05, 0.1) is 9.90 Å². The molecule has 0 aliphatic rings. The van der Waals surface area contributed by atoms with E-state index in [1.54, 1.807) is 18.0 Å². The van der Waals surface area contributed by atoms with Crippen molar-refractivity contribution in [3.8, 4) is 0 Å². The highest BCUT2D eigenvalue weighted by Crippen LogP contribution is 2.34. The first kappa shape index (κ1) is 9.48. The number of anilines is 1. The topological polar surface area (TPSA) is 51.8 Å². The summed E-state index contributed by atoms with van der Waals surface area (Å²) in [5.41, 5.74) is 6.58. The predicted molar refractivity (Wildman–Crippen MR) is 59.6 cm³/mol. The van der Waals surface area contributed by atoms with Crippen LogP contribution in [0.5, 0.6) is 0 Å². The summed E-state index contributed by atoms with van der Waals surface area (Å²) in [6.07, 6.45) is 1.78. The molecule has 0 saturated carbocycles. The fourth-order valence-corrected chi connectivity index (χ4v) is 2.89.